The maximum atomic E-state index is 12.5. The predicted octanol–water partition coefficient (Wildman–Crippen LogP) is 1.81. The molecule has 1 heterocycles. The fourth-order valence-corrected chi connectivity index (χ4v) is 4.39. The van der Waals surface area contributed by atoms with Gasteiger partial charge in [-0.2, -0.15) is 0 Å². The lowest BCUT2D eigenvalue weighted by molar-refractivity contribution is -0.149. The van der Waals surface area contributed by atoms with E-state index in [0.29, 0.717) is 24.8 Å². The summed E-state index contributed by atoms with van der Waals surface area (Å²) < 4.78 is 0. The van der Waals surface area contributed by atoms with Crippen LogP contribution in [0, 0.1) is 5.92 Å². The van der Waals surface area contributed by atoms with Crippen molar-refractivity contribution in [1.29, 1.82) is 0 Å². The molecule has 0 aromatic rings. The molecule has 5 heteroatoms. The summed E-state index contributed by atoms with van der Waals surface area (Å²) in [5, 5.41) is 15.9. The number of hydrogen-bond acceptors (Lipinski definition) is 3. The van der Waals surface area contributed by atoms with Crippen molar-refractivity contribution in [2.75, 3.05) is 0 Å². The fourth-order valence-electron chi connectivity index (χ4n) is 4.39. The monoisotopic (exact) mass is 294 g/mol. The number of hydrogen-bond donors (Lipinski definition) is 3. The van der Waals surface area contributed by atoms with Crippen molar-refractivity contribution in [3.63, 3.8) is 0 Å². The van der Waals surface area contributed by atoms with Crippen LogP contribution in [-0.2, 0) is 9.59 Å². The van der Waals surface area contributed by atoms with Gasteiger partial charge in [0, 0.05) is 6.04 Å². The molecule has 3 aliphatic rings. The van der Waals surface area contributed by atoms with Crippen LogP contribution in [-0.4, -0.2) is 34.6 Å². The highest BCUT2D eigenvalue weighted by molar-refractivity contribution is 5.90. The Balaban J connectivity index is 1.63. The summed E-state index contributed by atoms with van der Waals surface area (Å²) in [5.74, 6) is -0.374. The average Bonchev–Trinajstić information content (AvgIpc) is 2.92. The van der Waals surface area contributed by atoms with Crippen LogP contribution in [0.1, 0.15) is 64.2 Å². The average molecular weight is 294 g/mol. The molecule has 3 fully saturated rings. The summed E-state index contributed by atoms with van der Waals surface area (Å²) in [5.41, 5.74) is -1.02. The number of carboxylic acids is 1. The number of fused-ring (bicyclic) bond motifs is 1. The van der Waals surface area contributed by atoms with E-state index < -0.39 is 11.5 Å². The number of aliphatic carboxylic acids is 1. The largest absolute Gasteiger partial charge is 0.480 e. The van der Waals surface area contributed by atoms with Gasteiger partial charge in [0.2, 0.25) is 5.91 Å². The lowest BCUT2D eigenvalue weighted by atomic mass is 9.81. The minimum Gasteiger partial charge on any atom is -0.480 e. The Kier molecular flexibility index (Phi) is 4.20. The maximum Gasteiger partial charge on any atom is 0.329 e. The number of carbonyl (C=O) groups excluding carboxylic acids is 1. The van der Waals surface area contributed by atoms with Gasteiger partial charge in [0.05, 0.1) is 6.04 Å². The number of rotatable bonds is 3. The van der Waals surface area contributed by atoms with Gasteiger partial charge >= 0.3 is 5.97 Å². The van der Waals surface area contributed by atoms with Crippen LogP contribution in [0.2, 0.25) is 0 Å². The summed E-state index contributed by atoms with van der Waals surface area (Å²) in [4.78, 5) is 24.2. The Bertz CT molecular complexity index is 404. The SMILES string of the molecule is O=C(NC1(C(=O)O)CCCCC1)C1CC2CCCCC2N1. The maximum absolute atomic E-state index is 12.5. The summed E-state index contributed by atoms with van der Waals surface area (Å²) in [6, 6.07) is 0.262. The Hall–Kier alpha value is -1.10. The zero-order valence-electron chi connectivity index (χ0n) is 12.6. The Labute approximate surface area is 125 Å². The summed E-state index contributed by atoms with van der Waals surface area (Å²) in [6.45, 7) is 0. The van der Waals surface area contributed by atoms with Crippen molar-refractivity contribution in [2.24, 2.45) is 5.92 Å². The van der Waals surface area contributed by atoms with Gasteiger partial charge in [-0.25, -0.2) is 4.79 Å². The van der Waals surface area contributed by atoms with Crippen LogP contribution in [0.5, 0.6) is 0 Å². The number of carboxylic acid groups (broad SMARTS) is 1. The Morgan fingerprint density at radius 3 is 2.43 bits per heavy atom. The molecule has 2 saturated carbocycles. The number of nitrogens with one attached hydrogen (secondary N) is 2. The van der Waals surface area contributed by atoms with Crippen molar-refractivity contribution in [1.82, 2.24) is 10.6 Å². The lowest BCUT2D eigenvalue weighted by Gasteiger charge is -2.34. The third-order valence-corrected chi connectivity index (χ3v) is 5.66. The van der Waals surface area contributed by atoms with Gasteiger partial charge in [-0.15, -0.1) is 0 Å². The van der Waals surface area contributed by atoms with E-state index in [4.69, 9.17) is 0 Å². The van der Waals surface area contributed by atoms with Gasteiger partial charge in [-0.3, -0.25) is 4.79 Å². The zero-order valence-corrected chi connectivity index (χ0v) is 12.6. The van der Waals surface area contributed by atoms with Gasteiger partial charge in [0.15, 0.2) is 0 Å². The van der Waals surface area contributed by atoms with Crippen molar-refractivity contribution in [3.05, 3.63) is 0 Å². The first-order chi connectivity index (χ1) is 10.1. The normalized spacial score (nSPS) is 35.0. The fraction of sp³-hybridized carbons (Fsp3) is 0.875. The second-order valence-corrected chi connectivity index (χ2v) is 7.04. The Morgan fingerprint density at radius 2 is 1.76 bits per heavy atom. The van der Waals surface area contributed by atoms with E-state index in [1.54, 1.807) is 0 Å². The first kappa shape index (κ1) is 14.8. The third-order valence-electron chi connectivity index (χ3n) is 5.66. The van der Waals surface area contributed by atoms with Crippen LogP contribution in [0.4, 0.5) is 0 Å². The molecule has 0 spiro atoms. The van der Waals surface area contributed by atoms with E-state index in [0.717, 1.165) is 32.1 Å². The van der Waals surface area contributed by atoms with E-state index in [-0.39, 0.29) is 11.9 Å². The smallest absolute Gasteiger partial charge is 0.329 e. The molecule has 0 radical (unpaired) electrons. The minimum atomic E-state index is -1.02. The van der Waals surface area contributed by atoms with Crippen LogP contribution in [0.25, 0.3) is 0 Å². The first-order valence-corrected chi connectivity index (χ1v) is 8.42. The molecule has 1 amide bonds. The Morgan fingerprint density at radius 1 is 1.05 bits per heavy atom. The lowest BCUT2D eigenvalue weighted by Crippen LogP contribution is -2.59. The second kappa shape index (κ2) is 5.95. The first-order valence-electron chi connectivity index (χ1n) is 8.42. The molecular formula is C16H26N2O3. The summed E-state index contributed by atoms with van der Waals surface area (Å²) in [7, 11) is 0. The molecule has 3 rings (SSSR count). The van der Waals surface area contributed by atoms with Gasteiger partial charge in [0.1, 0.15) is 5.54 Å². The van der Waals surface area contributed by atoms with Crippen LogP contribution in [0.15, 0.2) is 0 Å². The van der Waals surface area contributed by atoms with Crippen molar-refractivity contribution >= 4 is 11.9 Å². The molecule has 0 aromatic carbocycles. The molecule has 1 saturated heterocycles. The van der Waals surface area contributed by atoms with E-state index >= 15 is 0 Å². The van der Waals surface area contributed by atoms with Gasteiger partial charge in [0.25, 0.3) is 0 Å². The van der Waals surface area contributed by atoms with Crippen molar-refractivity contribution in [2.45, 2.75) is 81.8 Å². The summed E-state index contributed by atoms with van der Waals surface area (Å²) in [6.07, 6.45) is 9.68. The van der Waals surface area contributed by atoms with Gasteiger partial charge < -0.3 is 15.7 Å². The van der Waals surface area contributed by atoms with E-state index in [9.17, 15) is 14.7 Å². The van der Waals surface area contributed by atoms with Crippen LogP contribution >= 0.6 is 0 Å². The van der Waals surface area contributed by atoms with Crippen molar-refractivity contribution in [3.8, 4) is 0 Å². The molecule has 3 N–H and O–H groups in total. The molecule has 0 bridgehead atoms. The molecule has 3 unspecified atom stereocenters. The zero-order chi connectivity index (χ0) is 14.9. The topological polar surface area (TPSA) is 78.4 Å². The molecule has 21 heavy (non-hydrogen) atoms. The predicted molar refractivity (Wildman–Crippen MR) is 78.9 cm³/mol. The van der Waals surface area contributed by atoms with E-state index in [2.05, 4.69) is 10.6 Å². The highest BCUT2D eigenvalue weighted by atomic mass is 16.4. The minimum absolute atomic E-state index is 0.103. The van der Waals surface area contributed by atoms with Gasteiger partial charge in [-0.05, 0) is 38.0 Å². The molecule has 0 aromatic heterocycles. The molecule has 3 atom stereocenters. The molecule has 1 aliphatic heterocycles. The standard InChI is InChI=1S/C16H26N2O3/c19-14(13-10-11-6-2-3-7-12(11)17-13)18-16(15(20)21)8-4-1-5-9-16/h11-13,17H,1-10H2,(H,18,19)(H,20,21). The van der Waals surface area contributed by atoms with E-state index in [1.807, 2.05) is 0 Å². The highest BCUT2D eigenvalue weighted by Crippen LogP contribution is 2.34. The molecular weight excluding hydrogens is 268 g/mol. The third kappa shape index (κ3) is 2.93. The number of carbonyl (C=O) groups is 2. The molecule has 118 valence electrons. The summed E-state index contributed by atoms with van der Waals surface area (Å²) >= 11 is 0. The quantitative estimate of drug-likeness (QED) is 0.742. The number of amides is 1. The van der Waals surface area contributed by atoms with Crippen LogP contribution < -0.4 is 10.6 Å². The molecule has 5 nitrogen and oxygen atoms in total. The van der Waals surface area contributed by atoms with Crippen molar-refractivity contribution < 1.29 is 14.7 Å². The highest BCUT2D eigenvalue weighted by Gasteiger charge is 2.44. The van der Waals surface area contributed by atoms with Crippen LogP contribution in [0.3, 0.4) is 0 Å². The second-order valence-electron chi connectivity index (χ2n) is 7.04. The van der Waals surface area contributed by atoms with E-state index in [1.165, 1.54) is 19.3 Å². The van der Waals surface area contributed by atoms with Gasteiger partial charge in [-0.1, -0.05) is 32.1 Å². The molecule has 2 aliphatic carbocycles.